The van der Waals surface area contributed by atoms with Crippen LogP contribution in [0.5, 0.6) is 0 Å². The predicted octanol–water partition coefficient (Wildman–Crippen LogP) is 5.18. The van der Waals surface area contributed by atoms with Gasteiger partial charge in [-0.15, -0.1) is 11.3 Å². The molecule has 1 heterocycles. The molecule has 8 nitrogen and oxygen atoms in total. The van der Waals surface area contributed by atoms with Crippen LogP contribution in [0.1, 0.15) is 21.5 Å². The van der Waals surface area contributed by atoms with Crippen LogP contribution in [-0.4, -0.2) is 42.9 Å². The zero-order chi connectivity index (χ0) is 27.8. The number of likely N-dealkylation sites (N-methyl/N-ethyl adjacent to an activating group) is 1. The first kappa shape index (κ1) is 27.4. The summed E-state index contributed by atoms with van der Waals surface area (Å²) in [6.07, 6.45) is -0.452. The lowest BCUT2D eigenvalue weighted by atomic mass is 10.0. The highest BCUT2D eigenvalue weighted by atomic mass is 32.1. The third-order valence-corrected chi connectivity index (χ3v) is 6.93. The van der Waals surface area contributed by atoms with E-state index in [-0.39, 0.29) is 24.8 Å². The van der Waals surface area contributed by atoms with Crippen molar-refractivity contribution in [3.05, 3.63) is 107 Å². The maximum Gasteiger partial charge on any atom is 0.408 e. The molecule has 0 saturated carbocycles. The van der Waals surface area contributed by atoms with Crippen LogP contribution in [0.15, 0.2) is 90.3 Å². The molecule has 39 heavy (non-hydrogen) atoms. The summed E-state index contributed by atoms with van der Waals surface area (Å²) in [5.74, 6) is -0.574. The molecule has 0 bridgehead atoms. The van der Waals surface area contributed by atoms with Gasteiger partial charge in [0.2, 0.25) is 5.91 Å². The number of hydrogen-bond donors (Lipinski definition) is 3. The van der Waals surface area contributed by atoms with E-state index < -0.39 is 12.1 Å². The molecule has 0 aliphatic heterocycles. The Morgan fingerprint density at radius 3 is 2.33 bits per heavy atom. The van der Waals surface area contributed by atoms with Gasteiger partial charge in [0.1, 0.15) is 12.6 Å². The normalized spacial score (nSPS) is 11.3. The molecule has 0 spiro atoms. The SMILES string of the molecule is CN(C)C(=O)[C@H](Cc1ccc(C(=O)Nc2cc(-c3cccs3)ccc2N)cc1)NC(=O)OCc1ccccc1. The van der Waals surface area contributed by atoms with E-state index in [1.165, 1.54) is 4.90 Å². The molecule has 0 saturated heterocycles. The van der Waals surface area contributed by atoms with Gasteiger partial charge >= 0.3 is 6.09 Å². The van der Waals surface area contributed by atoms with E-state index in [2.05, 4.69) is 10.6 Å². The number of anilines is 2. The first-order chi connectivity index (χ1) is 18.8. The topological polar surface area (TPSA) is 114 Å². The lowest BCUT2D eigenvalue weighted by molar-refractivity contribution is -0.130. The number of benzene rings is 3. The molecular formula is C30H30N4O4S. The minimum atomic E-state index is -0.831. The summed E-state index contributed by atoms with van der Waals surface area (Å²) >= 11 is 1.61. The first-order valence-corrected chi connectivity index (χ1v) is 13.2. The van der Waals surface area contributed by atoms with Crippen molar-refractivity contribution in [2.24, 2.45) is 0 Å². The molecule has 0 aliphatic rings. The summed E-state index contributed by atoms with van der Waals surface area (Å²) in [6.45, 7) is 0.0973. The average molecular weight is 543 g/mol. The van der Waals surface area contributed by atoms with E-state index in [1.54, 1.807) is 55.8 Å². The molecule has 9 heteroatoms. The van der Waals surface area contributed by atoms with Crippen molar-refractivity contribution in [2.45, 2.75) is 19.1 Å². The third-order valence-electron chi connectivity index (χ3n) is 6.01. The van der Waals surface area contributed by atoms with Gasteiger partial charge in [-0.1, -0.05) is 54.6 Å². The zero-order valence-electron chi connectivity index (χ0n) is 21.7. The van der Waals surface area contributed by atoms with Crippen LogP contribution in [0.25, 0.3) is 10.4 Å². The second kappa shape index (κ2) is 12.7. The molecule has 4 rings (SSSR count). The summed E-state index contributed by atoms with van der Waals surface area (Å²) in [4.78, 5) is 40.6. The van der Waals surface area contributed by atoms with E-state index in [4.69, 9.17) is 10.5 Å². The number of alkyl carbamates (subject to hydrolysis) is 1. The highest BCUT2D eigenvalue weighted by Gasteiger charge is 2.24. The Labute approximate surface area is 231 Å². The molecule has 0 unspecified atom stereocenters. The number of nitrogen functional groups attached to an aromatic ring is 1. The molecule has 4 aromatic rings. The second-order valence-corrected chi connectivity index (χ2v) is 10.1. The smallest absolute Gasteiger partial charge is 0.408 e. The van der Waals surface area contributed by atoms with Crippen molar-refractivity contribution in [1.29, 1.82) is 0 Å². The van der Waals surface area contributed by atoms with Gasteiger partial charge < -0.3 is 26.0 Å². The van der Waals surface area contributed by atoms with Crippen LogP contribution in [0.2, 0.25) is 0 Å². The fraction of sp³-hybridized carbons (Fsp3) is 0.167. The van der Waals surface area contributed by atoms with Crippen LogP contribution in [0.4, 0.5) is 16.2 Å². The van der Waals surface area contributed by atoms with E-state index in [0.29, 0.717) is 16.9 Å². The molecule has 1 aromatic heterocycles. The van der Waals surface area contributed by atoms with Gasteiger partial charge in [-0.2, -0.15) is 0 Å². The zero-order valence-corrected chi connectivity index (χ0v) is 22.5. The number of ether oxygens (including phenoxy) is 1. The van der Waals surface area contributed by atoms with Crippen LogP contribution in [0, 0.1) is 0 Å². The number of thiophene rings is 1. The Kier molecular flexibility index (Phi) is 8.96. The Morgan fingerprint density at radius 2 is 1.67 bits per heavy atom. The highest BCUT2D eigenvalue weighted by molar-refractivity contribution is 7.13. The average Bonchev–Trinajstić information content (AvgIpc) is 3.48. The highest BCUT2D eigenvalue weighted by Crippen LogP contribution is 2.30. The van der Waals surface area contributed by atoms with Crippen LogP contribution < -0.4 is 16.4 Å². The van der Waals surface area contributed by atoms with E-state index in [9.17, 15) is 14.4 Å². The summed E-state index contributed by atoms with van der Waals surface area (Å²) in [5, 5.41) is 7.54. The van der Waals surface area contributed by atoms with Gasteiger partial charge in [0.25, 0.3) is 5.91 Å². The molecule has 0 radical (unpaired) electrons. The fourth-order valence-corrected chi connectivity index (χ4v) is 4.63. The van der Waals surface area contributed by atoms with Gasteiger partial charge in [-0.05, 0) is 52.4 Å². The van der Waals surface area contributed by atoms with E-state index in [0.717, 1.165) is 21.6 Å². The van der Waals surface area contributed by atoms with Crippen LogP contribution >= 0.6 is 11.3 Å². The van der Waals surface area contributed by atoms with Crippen molar-refractivity contribution in [2.75, 3.05) is 25.1 Å². The molecule has 4 N–H and O–H groups in total. The van der Waals surface area contributed by atoms with E-state index in [1.807, 2.05) is 60.0 Å². The monoisotopic (exact) mass is 542 g/mol. The number of amides is 3. The van der Waals surface area contributed by atoms with Crippen molar-refractivity contribution in [1.82, 2.24) is 10.2 Å². The maximum atomic E-state index is 12.9. The minimum absolute atomic E-state index is 0.0973. The summed E-state index contributed by atoms with van der Waals surface area (Å²) in [7, 11) is 3.25. The van der Waals surface area contributed by atoms with Gasteiger partial charge in [0.15, 0.2) is 0 Å². The van der Waals surface area contributed by atoms with Gasteiger partial charge in [-0.3, -0.25) is 9.59 Å². The standard InChI is InChI=1S/C30H30N4O4S/c1-34(2)29(36)26(33-30(37)38-19-21-7-4-3-5-8-21)17-20-10-12-22(13-11-20)28(35)32-25-18-23(14-15-24(25)31)27-9-6-16-39-27/h3-16,18,26H,17,19,31H2,1-2H3,(H,32,35)(H,33,37)/t26-/m0/s1. The fourth-order valence-electron chi connectivity index (χ4n) is 3.90. The number of carbonyl (C=O) groups is 3. The number of hydrogen-bond acceptors (Lipinski definition) is 6. The predicted molar refractivity (Wildman–Crippen MR) is 155 cm³/mol. The van der Waals surface area contributed by atoms with Crippen LogP contribution in [0.3, 0.4) is 0 Å². The number of nitrogens with one attached hydrogen (secondary N) is 2. The number of carbonyl (C=O) groups excluding carboxylic acids is 3. The van der Waals surface area contributed by atoms with Crippen molar-refractivity contribution >= 4 is 40.6 Å². The minimum Gasteiger partial charge on any atom is -0.445 e. The Bertz CT molecular complexity index is 1420. The molecule has 1 atom stereocenters. The van der Waals surface area contributed by atoms with Gasteiger partial charge in [0.05, 0.1) is 11.4 Å². The third kappa shape index (κ3) is 7.45. The summed E-state index contributed by atoms with van der Waals surface area (Å²) < 4.78 is 5.29. The lowest BCUT2D eigenvalue weighted by Crippen LogP contribution is -2.47. The molecule has 0 fully saturated rings. The van der Waals surface area contributed by atoms with Gasteiger partial charge in [-0.25, -0.2) is 4.79 Å². The molecule has 3 aromatic carbocycles. The van der Waals surface area contributed by atoms with Gasteiger partial charge in [0, 0.05) is 31.0 Å². The van der Waals surface area contributed by atoms with Crippen LogP contribution in [-0.2, 0) is 22.6 Å². The molecular weight excluding hydrogens is 512 g/mol. The molecule has 200 valence electrons. The summed E-state index contributed by atoms with van der Waals surface area (Å²) in [5.41, 5.74) is 10.1. The molecule has 0 aliphatic carbocycles. The first-order valence-electron chi connectivity index (χ1n) is 12.3. The Balaban J connectivity index is 1.40. The largest absolute Gasteiger partial charge is 0.445 e. The summed E-state index contributed by atoms with van der Waals surface area (Å²) in [6, 6.07) is 24.8. The lowest BCUT2D eigenvalue weighted by Gasteiger charge is -2.21. The number of rotatable bonds is 9. The number of nitrogens with two attached hydrogens (primary N) is 1. The maximum absolute atomic E-state index is 12.9. The second-order valence-electron chi connectivity index (χ2n) is 9.13. The molecule has 3 amide bonds. The van der Waals surface area contributed by atoms with Crippen molar-refractivity contribution < 1.29 is 19.1 Å². The quantitative estimate of drug-likeness (QED) is 0.252. The Morgan fingerprint density at radius 1 is 0.923 bits per heavy atom. The van der Waals surface area contributed by atoms with Crippen molar-refractivity contribution in [3.63, 3.8) is 0 Å². The Hall–Kier alpha value is -4.63. The van der Waals surface area contributed by atoms with E-state index >= 15 is 0 Å². The number of nitrogens with zero attached hydrogens (tertiary/aromatic N) is 1. The van der Waals surface area contributed by atoms with Crippen molar-refractivity contribution in [3.8, 4) is 10.4 Å².